The van der Waals surface area contributed by atoms with Crippen LogP contribution in [0, 0.1) is 0 Å². The molecule has 0 saturated carbocycles. The van der Waals surface area contributed by atoms with Crippen LogP contribution >= 0.6 is 0 Å². The summed E-state index contributed by atoms with van der Waals surface area (Å²) in [6, 6.07) is 0.618. The summed E-state index contributed by atoms with van der Waals surface area (Å²) in [5, 5.41) is 13.2. The Hall–Kier alpha value is -0.120. The molecule has 2 unspecified atom stereocenters. The number of rotatable bonds is 4. The van der Waals surface area contributed by atoms with Crippen LogP contribution in [-0.4, -0.2) is 48.3 Å². The number of hydrogen-bond donors (Lipinski definition) is 2. The Balaban J connectivity index is 2.31. The van der Waals surface area contributed by atoms with Gasteiger partial charge in [0.05, 0.1) is 5.60 Å². The van der Waals surface area contributed by atoms with E-state index >= 15 is 0 Å². The highest BCUT2D eigenvalue weighted by atomic mass is 16.3. The molecule has 0 amide bonds. The molecule has 3 nitrogen and oxygen atoms in total. The number of aliphatic hydroxyl groups is 1. The van der Waals surface area contributed by atoms with Gasteiger partial charge in [0.15, 0.2) is 0 Å². The number of likely N-dealkylation sites (tertiary alicyclic amines) is 1. The van der Waals surface area contributed by atoms with Crippen LogP contribution in [0.1, 0.15) is 26.7 Å². The van der Waals surface area contributed by atoms with Crippen LogP contribution in [0.2, 0.25) is 0 Å². The fourth-order valence-electron chi connectivity index (χ4n) is 1.81. The number of nitrogens with zero attached hydrogens (tertiary/aromatic N) is 1. The molecule has 0 aromatic heterocycles. The maximum atomic E-state index is 9.88. The molecule has 0 bridgehead atoms. The predicted octanol–water partition coefficient (Wildman–Crippen LogP) is 0.441. The fraction of sp³-hybridized carbons (Fsp3) is 1.00. The average molecular weight is 186 g/mol. The Kier molecular flexibility index (Phi) is 3.71. The van der Waals surface area contributed by atoms with Crippen LogP contribution in [-0.2, 0) is 0 Å². The average Bonchev–Trinajstić information content (AvgIpc) is 2.52. The Morgan fingerprint density at radius 2 is 2.31 bits per heavy atom. The molecule has 3 heteroatoms. The van der Waals surface area contributed by atoms with Gasteiger partial charge in [0, 0.05) is 19.1 Å². The van der Waals surface area contributed by atoms with Gasteiger partial charge in [0.2, 0.25) is 0 Å². The largest absolute Gasteiger partial charge is 0.389 e. The highest BCUT2D eigenvalue weighted by Crippen LogP contribution is 2.15. The first-order valence-corrected chi connectivity index (χ1v) is 5.19. The van der Waals surface area contributed by atoms with E-state index in [1.807, 2.05) is 20.9 Å². The quantitative estimate of drug-likeness (QED) is 0.669. The lowest BCUT2D eigenvalue weighted by Gasteiger charge is -2.27. The molecule has 0 aromatic rings. The predicted molar refractivity (Wildman–Crippen MR) is 54.8 cm³/mol. The Morgan fingerprint density at radius 3 is 2.77 bits per heavy atom. The van der Waals surface area contributed by atoms with E-state index < -0.39 is 5.60 Å². The molecule has 0 radical (unpaired) electrons. The van der Waals surface area contributed by atoms with Crippen molar-refractivity contribution in [1.29, 1.82) is 0 Å². The smallest absolute Gasteiger partial charge is 0.0743 e. The summed E-state index contributed by atoms with van der Waals surface area (Å²) in [7, 11) is 2.01. The van der Waals surface area contributed by atoms with Crippen molar-refractivity contribution < 1.29 is 5.11 Å². The minimum Gasteiger partial charge on any atom is -0.389 e. The second-order valence-corrected chi connectivity index (χ2v) is 4.36. The molecule has 1 saturated heterocycles. The van der Waals surface area contributed by atoms with Crippen molar-refractivity contribution in [3.05, 3.63) is 0 Å². The molecule has 2 atom stereocenters. The summed E-state index contributed by atoms with van der Waals surface area (Å²) < 4.78 is 0. The van der Waals surface area contributed by atoms with Gasteiger partial charge in [-0.1, -0.05) is 6.92 Å². The van der Waals surface area contributed by atoms with Crippen molar-refractivity contribution in [3.8, 4) is 0 Å². The molecule has 0 spiro atoms. The van der Waals surface area contributed by atoms with Gasteiger partial charge < -0.3 is 10.4 Å². The standard InChI is InChI=1S/C10H22N2O/c1-4-10(2,13)8-12-6-5-9(7-12)11-3/h9,11,13H,4-8H2,1-3H3. The van der Waals surface area contributed by atoms with Crippen molar-refractivity contribution in [3.63, 3.8) is 0 Å². The van der Waals surface area contributed by atoms with Crippen LogP contribution < -0.4 is 5.32 Å². The second-order valence-electron chi connectivity index (χ2n) is 4.36. The normalized spacial score (nSPS) is 29.1. The van der Waals surface area contributed by atoms with Gasteiger partial charge in [-0.3, -0.25) is 4.90 Å². The first-order chi connectivity index (χ1) is 6.07. The number of hydrogen-bond acceptors (Lipinski definition) is 3. The molecular weight excluding hydrogens is 164 g/mol. The lowest BCUT2D eigenvalue weighted by Crippen LogP contribution is -2.40. The Labute approximate surface area is 81.1 Å². The molecule has 1 aliphatic rings. The van der Waals surface area contributed by atoms with Gasteiger partial charge in [-0.05, 0) is 33.4 Å². The highest BCUT2D eigenvalue weighted by molar-refractivity contribution is 4.84. The van der Waals surface area contributed by atoms with Crippen molar-refractivity contribution in [1.82, 2.24) is 10.2 Å². The van der Waals surface area contributed by atoms with E-state index in [4.69, 9.17) is 0 Å². The van der Waals surface area contributed by atoms with Crippen LogP contribution in [0.4, 0.5) is 0 Å². The lowest BCUT2D eigenvalue weighted by atomic mass is 10.0. The summed E-state index contributed by atoms with van der Waals surface area (Å²) >= 11 is 0. The third-order valence-corrected chi connectivity index (χ3v) is 3.01. The first kappa shape index (κ1) is 11.0. The van der Waals surface area contributed by atoms with E-state index in [9.17, 15) is 5.11 Å². The Bertz CT molecular complexity index is 159. The van der Waals surface area contributed by atoms with Gasteiger partial charge in [-0.15, -0.1) is 0 Å². The fourth-order valence-corrected chi connectivity index (χ4v) is 1.81. The van der Waals surface area contributed by atoms with Crippen molar-refractivity contribution in [2.45, 2.75) is 38.3 Å². The molecule has 1 fully saturated rings. The van der Waals surface area contributed by atoms with Gasteiger partial charge >= 0.3 is 0 Å². The van der Waals surface area contributed by atoms with Gasteiger partial charge in [0.1, 0.15) is 0 Å². The van der Waals surface area contributed by atoms with E-state index in [1.54, 1.807) is 0 Å². The molecule has 0 aliphatic carbocycles. The van der Waals surface area contributed by atoms with Crippen molar-refractivity contribution >= 4 is 0 Å². The third-order valence-electron chi connectivity index (χ3n) is 3.01. The van der Waals surface area contributed by atoms with Crippen LogP contribution in [0.5, 0.6) is 0 Å². The second kappa shape index (κ2) is 4.40. The lowest BCUT2D eigenvalue weighted by molar-refractivity contribution is 0.0226. The molecule has 13 heavy (non-hydrogen) atoms. The zero-order chi connectivity index (χ0) is 9.90. The van der Waals surface area contributed by atoms with Crippen LogP contribution in [0.25, 0.3) is 0 Å². The van der Waals surface area contributed by atoms with E-state index in [0.29, 0.717) is 6.04 Å². The van der Waals surface area contributed by atoms with Crippen molar-refractivity contribution in [2.75, 3.05) is 26.7 Å². The van der Waals surface area contributed by atoms with E-state index in [-0.39, 0.29) is 0 Å². The third kappa shape index (κ3) is 3.25. The molecule has 1 rings (SSSR count). The maximum Gasteiger partial charge on any atom is 0.0743 e. The van der Waals surface area contributed by atoms with Crippen LogP contribution in [0.15, 0.2) is 0 Å². The van der Waals surface area contributed by atoms with E-state index in [2.05, 4.69) is 10.2 Å². The molecule has 78 valence electrons. The van der Waals surface area contributed by atoms with Gasteiger partial charge in [-0.25, -0.2) is 0 Å². The summed E-state index contributed by atoms with van der Waals surface area (Å²) in [4.78, 5) is 2.34. The summed E-state index contributed by atoms with van der Waals surface area (Å²) in [6.45, 7) is 6.95. The van der Waals surface area contributed by atoms with E-state index in [1.165, 1.54) is 6.42 Å². The summed E-state index contributed by atoms with van der Waals surface area (Å²) in [5.74, 6) is 0. The summed E-state index contributed by atoms with van der Waals surface area (Å²) in [5.41, 5.74) is -0.511. The number of likely N-dealkylation sites (N-methyl/N-ethyl adjacent to an activating group) is 1. The molecule has 1 aliphatic heterocycles. The minimum absolute atomic E-state index is 0.511. The zero-order valence-corrected chi connectivity index (χ0v) is 9.01. The van der Waals surface area contributed by atoms with Crippen LogP contribution in [0.3, 0.4) is 0 Å². The summed E-state index contributed by atoms with van der Waals surface area (Å²) in [6.07, 6.45) is 2.03. The van der Waals surface area contributed by atoms with E-state index in [0.717, 1.165) is 26.1 Å². The van der Waals surface area contributed by atoms with Gasteiger partial charge in [0.25, 0.3) is 0 Å². The monoisotopic (exact) mass is 186 g/mol. The minimum atomic E-state index is -0.511. The maximum absolute atomic E-state index is 9.88. The SMILES string of the molecule is CCC(C)(O)CN1CCC(NC)C1. The first-order valence-electron chi connectivity index (χ1n) is 5.19. The molecular formula is C10H22N2O. The molecule has 0 aromatic carbocycles. The zero-order valence-electron chi connectivity index (χ0n) is 9.01. The topological polar surface area (TPSA) is 35.5 Å². The molecule has 2 N–H and O–H groups in total. The van der Waals surface area contributed by atoms with Crippen molar-refractivity contribution in [2.24, 2.45) is 0 Å². The number of β-amino-alcohol motifs (C(OH)–C–C–N with tert-alkyl or cyclic N) is 1. The number of nitrogens with one attached hydrogen (secondary N) is 1. The highest BCUT2D eigenvalue weighted by Gasteiger charge is 2.27. The Morgan fingerprint density at radius 1 is 1.62 bits per heavy atom. The molecule has 1 heterocycles. The van der Waals surface area contributed by atoms with Gasteiger partial charge in [-0.2, -0.15) is 0 Å².